The van der Waals surface area contributed by atoms with E-state index in [9.17, 15) is 0 Å². The minimum atomic E-state index is 0.412. The molecule has 1 aliphatic heterocycles. The van der Waals surface area contributed by atoms with Gasteiger partial charge in [0.2, 0.25) is 0 Å². The maximum Gasteiger partial charge on any atom is 0.0698 e. The van der Waals surface area contributed by atoms with E-state index in [1.165, 1.54) is 24.9 Å². The molecule has 0 saturated carbocycles. The van der Waals surface area contributed by atoms with Crippen molar-refractivity contribution < 1.29 is 4.74 Å². The van der Waals surface area contributed by atoms with Crippen LogP contribution in [-0.4, -0.2) is 43.5 Å². The minimum Gasteiger partial charge on any atom is -0.380 e. The summed E-state index contributed by atoms with van der Waals surface area (Å²) in [5.41, 5.74) is 1.40. The average Bonchev–Trinajstić information content (AvgIpc) is 2.46. The zero-order valence-corrected chi connectivity index (χ0v) is 12.0. The fraction of sp³-hybridized carbons (Fsp3) is 0.600. The Labute approximate surface area is 116 Å². The molecule has 0 bridgehead atoms. The Morgan fingerprint density at radius 2 is 2.17 bits per heavy atom. The van der Waals surface area contributed by atoms with E-state index in [0.29, 0.717) is 12.0 Å². The lowest BCUT2D eigenvalue weighted by Crippen LogP contribution is -2.41. The Morgan fingerprint density at radius 1 is 1.39 bits per heavy atom. The molecule has 0 aliphatic carbocycles. The Hall–Kier alpha value is -0.510. The van der Waals surface area contributed by atoms with Crippen molar-refractivity contribution in [1.82, 2.24) is 4.90 Å². The highest BCUT2D eigenvalue weighted by Gasteiger charge is 2.22. The van der Waals surface area contributed by atoms with Crippen molar-refractivity contribution in [2.24, 2.45) is 0 Å². The van der Waals surface area contributed by atoms with Crippen LogP contribution in [0.15, 0.2) is 30.3 Å². The molecule has 1 aromatic rings. The Kier molecular flexibility index (Phi) is 5.54. The van der Waals surface area contributed by atoms with E-state index in [1.807, 2.05) is 7.11 Å². The standard InChI is InChI=1S/C15H23NOS/c1-17-15-8-5-9-16(11-15)10-14(12-18)13-6-3-2-4-7-13/h2-4,6-7,14-15,18H,5,8-12H2,1H3. The van der Waals surface area contributed by atoms with Crippen molar-refractivity contribution in [3.63, 3.8) is 0 Å². The predicted molar refractivity (Wildman–Crippen MR) is 79.5 cm³/mol. The molecule has 1 aliphatic rings. The molecule has 1 saturated heterocycles. The van der Waals surface area contributed by atoms with Crippen molar-refractivity contribution in [3.8, 4) is 0 Å². The molecule has 0 spiro atoms. The maximum atomic E-state index is 5.48. The summed E-state index contributed by atoms with van der Waals surface area (Å²) in [5, 5.41) is 0. The summed E-state index contributed by atoms with van der Waals surface area (Å²) in [7, 11) is 1.82. The number of piperidine rings is 1. The van der Waals surface area contributed by atoms with E-state index in [-0.39, 0.29) is 0 Å². The second-order valence-electron chi connectivity index (χ2n) is 5.05. The highest BCUT2D eigenvalue weighted by atomic mass is 32.1. The summed E-state index contributed by atoms with van der Waals surface area (Å²) >= 11 is 4.51. The van der Waals surface area contributed by atoms with Gasteiger partial charge >= 0.3 is 0 Å². The van der Waals surface area contributed by atoms with Crippen LogP contribution in [0.2, 0.25) is 0 Å². The van der Waals surface area contributed by atoms with Crippen LogP contribution in [0.1, 0.15) is 24.3 Å². The molecule has 1 heterocycles. The molecular weight excluding hydrogens is 242 g/mol. The van der Waals surface area contributed by atoms with Crippen LogP contribution < -0.4 is 0 Å². The molecule has 2 atom stereocenters. The summed E-state index contributed by atoms with van der Waals surface area (Å²) < 4.78 is 5.48. The molecule has 0 radical (unpaired) electrons. The first-order chi connectivity index (χ1) is 8.83. The van der Waals surface area contributed by atoms with Gasteiger partial charge in [0.15, 0.2) is 0 Å². The van der Waals surface area contributed by atoms with Crippen LogP contribution >= 0.6 is 12.6 Å². The van der Waals surface area contributed by atoms with Crippen LogP contribution in [0.25, 0.3) is 0 Å². The van der Waals surface area contributed by atoms with Gasteiger partial charge < -0.3 is 9.64 Å². The van der Waals surface area contributed by atoms with Gasteiger partial charge in [-0.2, -0.15) is 12.6 Å². The van der Waals surface area contributed by atoms with Gasteiger partial charge in [-0.1, -0.05) is 30.3 Å². The summed E-state index contributed by atoms with van der Waals surface area (Å²) in [4.78, 5) is 2.52. The molecule has 0 N–H and O–H groups in total. The number of nitrogens with zero attached hydrogens (tertiary/aromatic N) is 1. The van der Waals surface area contributed by atoms with Crippen LogP contribution in [0, 0.1) is 0 Å². The highest BCUT2D eigenvalue weighted by molar-refractivity contribution is 7.80. The quantitative estimate of drug-likeness (QED) is 0.822. The largest absolute Gasteiger partial charge is 0.380 e. The lowest BCUT2D eigenvalue weighted by Gasteiger charge is -2.34. The average molecular weight is 265 g/mol. The van der Waals surface area contributed by atoms with Crippen LogP contribution in [-0.2, 0) is 4.74 Å². The second-order valence-corrected chi connectivity index (χ2v) is 5.41. The molecule has 0 amide bonds. The zero-order chi connectivity index (χ0) is 12.8. The topological polar surface area (TPSA) is 12.5 Å². The van der Waals surface area contributed by atoms with Gasteiger partial charge in [0, 0.05) is 26.1 Å². The summed E-state index contributed by atoms with van der Waals surface area (Å²) in [6.07, 6.45) is 2.85. The third-order valence-electron chi connectivity index (χ3n) is 3.77. The van der Waals surface area contributed by atoms with Crippen molar-refractivity contribution in [2.45, 2.75) is 24.9 Å². The van der Waals surface area contributed by atoms with Crippen molar-refractivity contribution >= 4 is 12.6 Å². The van der Waals surface area contributed by atoms with Gasteiger partial charge in [0.25, 0.3) is 0 Å². The van der Waals surface area contributed by atoms with Gasteiger partial charge in [0.05, 0.1) is 6.10 Å². The normalized spacial score (nSPS) is 22.9. The molecule has 18 heavy (non-hydrogen) atoms. The summed E-state index contributed by atoms with van der Waals surface area (Å²) in [6.45, 7) is 3.35. The van der Waals surface area contributed by atoms with E-state index in [2.05, 4.69) is 47.9 Å². The first-order valence-corrected chi connectivity index (χ1v) is 7.37. The highest BCUT2D eigenvalue weighted by Crippen LogP contribution is 2.21. The molecule has 3 heteroatoms. The summed E-state index contributed by atoms with van der Waals surface area (Å²) in [6, 6.07) is 10.7. The molecular formula is C15H23NOS. The number of likely N-dealkylation sites (tertiary alicyclic amines) is 1. The lowest BCUT2D eigenvalue weighted by atomic mass is 9.99. The van der Waals surface area contributed by atoms with E-state index in [4.69, 9.17) is 4.74 Å². The van der Waals surface area contributed by atoms with Crippen LogP contribution in [0.3, 0.4) is 0 Å². The predicted octanol–water partition coefficient (Wildman–Crippen LogP) is 2.81. The Bertz CT molecular complexity index is 344. The van der Waals surface area contributed by atoms with Crippen molar-refractivity contribution in [3.05, 3.63) is 35.9 Å². The number of rotatable bonds is 5. The number of hydrogen-bond acceptors (Lipinski definition) is 3. The van der Waals surface area contributed by atoms with Gasteiger partial charge in [-0.05, 0) is 30.7 Å². The second kappa shape index (κ2) is 7.17. The number of ether oxygens (including phenoxy) is 1. The lowest BCUT2D eigenvalue weighted by molar-refractivity contribution is 0.0299. The fourth-order valence-corrected chi connectivity index (χ4v) is 3.00. The van der Waals surface area contributed by atoms with E-state index in [1.54, 1.807) is 0 Å². The number of hydrogen-bond donors (Lipinski definition) is 1. The number of thiol groups is 1. The molecule has 0 aromatic heterocycles. The monoisotopic (exact) mass is 265 g/mol. The first kappa shape index (κ1) is 13.9. The van der Waals surface area contributed by atoms with Crippen molar-refractivity contribution in [1.29, 1.82) is 0 Å². The SMILES string of the molecule is COC1CCCN(CC(CS)c2ccccc2)C1. The fourth-order valence-electron chi connectivity index (χ4n) is 2.68. The summed E-state index contributed by atoms with van der Waals surface area (Å²) in [5.74, 6) is 1.42. The van der Waals surface area contributed by atoms with E-state index >= 15 is 0 Å². The Balaban J connectivity index is 1.94. The van der Waals surface area contributed by atoms with Gasteiger partial charge in [0.1, 0.15) is 0 Å². The third-order valence-corrected chi connectivity index (χ3v) is 4.21. The molecule has 1 fully saturated rings. The van der Waals surface area contributed by atoms with Gasteiger partial charge in [-0.3, -0.25) is 0 Å². The number of benzene rings is 1. The van der Waals surface area contributed by atoms with E-state index < -0.39 is 0 Å². The van der Waals surface area contributed by atoms with Gasteiger partial charge in [-0.15, -0.1) is 0 Å². The molecule has 2 unspecified atom stereocenters. The maximum absolute atomic E-state index is 5.48. The molecule has 2 rings (SSSR count). The van der Waals surface area contributed by atoms with Crippen LogP contribution in [0.4, 0.5) is 0 Å². The van der Waals surface area contributed by atoms with E-state index in [0.717, 1.165) is 18.8 Å². The molecule has 100 valence electrons. The smallest absolute Gasteiger partial charge is 0.0698 e. The van der Waals surface area contributed by atoms with Gasteiger partial charge in [-0.25, -0.2) is 0 Å². The van der Waals surface area contributed by atoms with Crippen molar-refractivity contribution in [2.75, 3.05) is 32.5 Å². The Morgan fingerprint density at radius 3 is 2.83 bits per heavy atom. The van der Waals surface area contributed by atoms with Crippen LogP contribution in [0.5, 0.6) is 0 Å². The minimum absolute atomic E-state index is 0.412. The molecule has 1 aromatic carbocycles. The molecule has 2 nitrogen and oxygen atoms in total. The zero-order valence-electron chi connectivity index (χ0n) is 11.1. The number of methoxy groups -OCH3 is 1. The third kappa shape index (κ3) is 3.74. The first-order valence-electron chi connectivity index (χ1n) is 6.74.